The highest BCUT2D eigenvalue weighted by Crippen LogP contribution is 2.20. The van der Waals surface area contributed by atoms with Crippen molar-refractivity contribution in [3.05, 3.63) is 107 Å². The number of carboxylic acid groups (broad SMARTS) is 2. The van der Waals surface area contributed by atoms with E-state index in [1.165, 1.54) is 5.56 Å². The van der Waals surface area contributed by atoms with Gasteiger partial charge < -0.3 is 14.9 Å². The first-order valence-corrected chi connectivity index (χ1v) is 13.5. The summed E-state index contributed by atoms with van der Waals surface area (Å²) in [6.45, 7) is 0.736. The standard InChI is InChI=1S/C33H38O5/c34-32(35)16-7-6-11-27(25-29-19-21-30(22-20-29)33(36)37)17-18-28-13-9-12-26(24-28)10-3-2-8-23-38-31-14-4-1-5-15-31/h1,4-5,9,12-15,17-22,24,27H,2-3,6-8,10-11,16,23,25H2,(H,34,35)(H,36,37). The van der Waals surface area contributed by atoms with E-state index in [-0.39, 0.29) is 17.9 Å². The lowest BCUT2D eigenvalue weighted by Crippen LogP contribution is -2.04. The number of carbonyl (C=O) groups is 2. The van der Waals surface area contributed by atoms with Gasteiger partial charge in [0.25, 0.3) is 0 Å². The Balaban J connectivity index is 1.51. The SMILES string of the molecule is O=C(O)CCCCC(C=Cc1cccc(CCCCCOc2ccccc2)c1)Cc1ccc(C(=O)O)cc1. The van der Waals surface area contributed by atoms with Crippen molar-refractivity contribution in [2.75, 3.05) is 6.61 Å². The number of unbranched alkanes of at least 4 members (excludes halogenated alkanes) is 3. The van der Waals surface area contributed by atoms with Gasteiger partial charge in [0, 0.05) is 6.42 Å². The van der Waals surface area contributed by atoms with Crippen LogP contribution in [-0.2, 0) is 17.6 Å². The lowest BCUT2D eigenvalue weighted by molar-refractivity contribution is -0.137. The number of rotatable bonds is 17. The van der Waals surface area contributed by atoms with Crippen molar-refractivity contribution in [2.45, 2.75) is 57.8 Å². The van der Waals surface area contributed by atoms with Crippen LogP contribution in [-0.4, -0.2) is 28.8 Å². The van der Waals surface area contributed by atoms with E-state index < -0.39 is 11.9 Å². The van der Waals surface area contributed by atoms with Gasteiger partial charge in [-0.1, -0.05) is 73.2 Å². The normalized spacial score (nSPS) is 11.9. The fourth-order valence-electron chi connectivity index (χ4n) is 4.45. The van der Waals surface area contributed by atoms with E-state index in [2.05, 4.69) is 36.4 Å². The van der Waals surface area contributed by atoms with Gasteiger partial charge in [-0.15, -0.1) is 0 Å². The number of aromatic carboxylic acids is 1. The lowest BCUT2D eigenvalue weighted by Gasteiger charge is -2.13. The third-order valence-corrected chi connectivity index (χ3v) is 6.55. The third kappa shape index (κ3) is 11.0. The molecule has 3 aromatic carbocycles. The van der Waals surface area contributed by atoms with Crippen molar-refractivity contribution in [2.24, 2.45) is 5.92 Å². The Hall–Kier alpha value is -3.86. The Bertz CT molecular complexity index is 1150. The van der Waals surface area contributed by atoms with Crippen LogP contribution in [0.2, 0.25) is 0 Å². The summed E-state index contributed by atoms with van der Waals surface area (Å²) < 4.78 is 5.77. The maximum atomic E-state index is 11.2. The zero-order valence-corrected chi connectivity index (χ0v) is 21.9. The first-order chi connectivity index (χ1) is 18.5. The highest BCUT2D eigenvalue weighted by Gasteiger charge is 2.09. The molecule has 0 fully saturated rings. The number of benzene rings is 3. The monoisotopic (exact) mass is 514 g/mol. The molecule has 1 atom stereocenters. The second-order valence-electron chi connectivity index (χ2n) is 9.68. The molecule has 0 aliphatic heterocycles. The molecule has 0 amide bonds. The van der Waals surface area contributed by atoms with E-state index >= 15 is 0 Å². The molecule has 5 heteroatoms. The van der Waals surface area contributed by atoms with Crippen LogP contribution in [0.4, 0.5) is 0 Å². The second kappa shape index (κ2) is 16.1. The van der Waals surface area contributed by atoms with Gasteiger partial charge in [-0.05, 0) is 91.8 Å². The molecule has 1 unspecified atom stereocenters. The van der Waals surface area contributed by atoms with E-state index in [1.54, 1.807) is 12.1 Å². The van der Waals surface area contributed by atoms with Crippen LogP contribution in [0.3, 0.4) is 0 Å². The fourth-order valence-corrected chi connectivity index (χ4v) is 4.45. The van der Waals surface area contributed by atoms with Crippen molar-refractivity contribution in [1.29, 1.82) is 0 Å². The molecule has 0 heterocycles. The van der Waals surface area contributed by atoms with Gasteiger partial charge in [-0.3, -0.25) is 4.79 Å². The minimum Gasteiger partial charge on any atom is -0.494 e. The van der Waals surface area contributed by atoms with Gasteiger partial charge in [0.1, 0.15) is 5.75 Å². The topological polar surface area (TPSA) is 83.8 Å². The zero-order valence-electron chi connectivity index (χ0n) is 21.9. The maximum absolute atomic E-state index is 11.2. The van der Waals surface area contributed by atoms with Gasteiger partial charge >= 0.3 is 11.9 Å². The summed E-state index contributed by atoms with van der Waals surface area (Å²) in [5.74, 6) is -0.527. The fraction of sp³-hybridized carbons (Fsp3) is 0.333. The molecule has 3 aromatic rings. The van der Waals surface area contributed by atoms with E-state index in [9.17, 15) is 9.59 Å². The predicted molar refractivity (Wildman–Crippen MR) is 152 cm³/mol. The highest BCUT2D eigenvalue weighted by atomic mass is 16.5. The van der Waals surface area contributed by atoms with Gasteiger partial charge in [0.2, 0.25) is 0 Å². The van der Waals surface area contributed by atoms with Crippen LogP contribution in [0.5, 0.6) is 5.75 Å². The van der Waals surface area contributed by atoms with Gasteiger partial charge in [0.05, 0.1) is 12.2 Å². The average molecular weight is 515 g/mol. The van der Waals surface area contributed by atoms with Gasteiger partial charge in [0.15, 0.2) is 0 Å². The number of hydrogen-bond acceptors (Lipinski definition) is 3. The van der Waals surface area contributed by atoms with Crippen molar-refractivity contribution >= 4 is 18.0 Å². The van der Waals surface area contributed by atoms with Crippen molar-refractivity contribution in [1.82, 2.24) is 0 Å². The Labute approximate surface area is 225 Å². The molecule has 0 aliphatic rings. The summed E-state index contributed by atoms with van der Waals surface area (Å²) in [7, 11) is 0. The molecule has 0 saturated heterocycles. The molecule has 0 radical (unpaired) electrons. The Morgan fingerprint density at radius 3 is 2.32 bits per heavy atom. The first kappa shape index (κ1) is 28.7. The third-order valence-electron chi connectivity index (χ3n) is 6.55. The van der Waals surface area contributed by atoms with Crippen LogP contribution >= 0.6 is 0 Å². The Morgan fingerprint density at radius 1 is 0.789 bits per heavy atom. The smallest absolute Gasteiger partial charge is 0.335 e. The number of aryl methyl sites for hydroxylation is 1. The number of allylic oxidation sites excluding steroid dienone is 1. The Kier molecular flexibility index (Phi) is 12.1. The van der Waals surface area contributed by atoms with Crippen molar-refractivity contribution < 1.29 is 24.5 Å². The number of ether oxygens (including phenoxy) is 1. The van der Waals surface area contributed by atoms with E-state index in [4.69, 9.17) is 14.9 Å². The second-order valence-corrected chi connectivity index (χ2v) is 9.68. The number of carboxylic acids is 2. The molecule has 0 spiro atoms. The van der Waals surface area contributed by atoms with Crippen LogP contribution in [0, 0.1) is 5.92 Å². The summed E-state index contributed by atoms with van der Waals surface area (Å²) in [5, 5.41) is 18.1. The number of aliphatic carboxylic acids is 1. The molecule has 0 saturated carbocycles. The molecular weight excluding hydrogens is 476 g/mol. The average Bonchev–Trinajstić information content (AvgIpc) is 2.92. The molecular formula is C33H38O5. The summed E-state index contributed by atoms with van der Waals surface area (Å²) in [4.78, 5) is 22.0. The first-order valence-electron chi connectivity index (χ1n) is 13.5. The largest absolute Gasteiger partial charge is 0.494 e. The Morgan fingerprint density at radius 2 is 1.58 bits per heavy atom. The molecule has 0 aliphatic carbocycles. The lowest BCUT2D eigenvalue weighted by atomic mass is 9.92. The quantitative estimate of drug-likeness (QED) is 0.180. The summed E-state index contributed by atoms with van der Waals surface area (Å²) in [6.07, 6.45) is 12.0. The highest BCUT2D eigenvalue weighted by molar-refractivity contribution is 5.87. The summed E-state index contributed by atoms with van der Waals surface area (Å²) in [5.41, 5.74) is 3.83. The van der Waals surface area contributed by atoms with E-state index in [0.717, 1.165) is 68.4 Å². The molecule has 5 nitrogen and oxygen atoms in total. The van der Waals surface area contributed by atoms with E-state index in [1.807, 2.05) is 42.5 Å². The van der Waals surface area contributed by atoms with Crippen LogP contribution < -0.4 is 4.74 Å². The number of para-hydroxylation sites is 1. The predicted octanol–water partition coefficient (Wildman–Crippen LogP) is 7.69. The summed E-state index contributed by atoms with van der Waals surface area (Å²) >= 11 is 0. The molecule has 3 rings (SSSR count). The van der Waals surface area contributed by atoms with E-state index in [0.29, 0.717) is 6.42 Å². The molecule has 38 heavy (non-hydrogen) atoms. The van der Waals surface area contributed by atoms with Gasteiger partial charge in [-0.25, -0.2) is 4.79 Å². The number of hydrogen-bond donors (Lipinski definition) is 2. The van der Waals surface area contributed by atoms with Crippen LogP contribution in [0.1, 0.15) is 72.0 Å². The molecule has 0 bridgehead atoms. The minimum atomic E-state index is -0.929. The molecule has 2 N–H and O–H groups in total. The minimum absolute atomic E-state index is 0.185. The van der Waals surface area contributed by atoms with Crippen LogP contribution in [0.15, 0.2) is 84.9 Å². The van der Waals surface area contributed by atoms with Crippen molar-refractivity contribution in [3.63, 3.8) is 0 Å². The molecule has 200 valence electrons. The van der Waals surface area contributed by atoms with Crippen LogP contribution in [0.25, 0.3) is 6.08 Å². The maximum Gasteiger partial charge on any atom is 0.335 e. The van der Waals surface area contributed by atoms with Gasteiger partial charge in [-0.2, -0.15) is 0 Å². The summed E-state index contributed by atoms with van der Waals surface area (Å²) in [6, 6.07) is 25.5. The zero-order chi connectivity index (χ0) is 27.0. The van der Waals surface area contributed by atoms with Crippen molar-refractivity contribution in [3.8, 4) is 5.75 Å². The molecule has 0 aromatic heterocycles.